The molecule has 90 valence electrons. The number of nitrogens with one attached hydrogen (secondary N) is 1. The standard InChI is InChI=1S/C13H8ClFN2S/c14-8-5-9(15)7-10(6-8)17-12-4-2-1-3-11(12)16-13(17)18/h1-7H,(H,16,18). The lowest BCUT2D eigenvalue weighted by Crippen LogP contribution is -1.94. The number of para-hydroxylation sites is 2. The molecule has 0 bridgehead atoms. The molecule has 1 aromatic heterocycles. The first kappa shape index (κ1) is 11.4. The van der Waals surface area contributed by atoms with Crippen LogP contribution in [-0.4, -0.2) is 9.55 Å². The maximum atomic E-state index is 13.4. The van der Waals surface area contributed by atoms with Crippen molar-refractivity contribution in [2.45, 2.75) is 0 Å². The summed E-state index contributed by atoms with van der Waals surface area (Å²) in [7, 11) is 0. The molecular weight excluding hydrogens is 271 g/mol. The number of imidazole rings is 1. The smallest absolute Gasteiger partial charge is 0.182 e. The van der Waals surface area contributed by atoms with E-state index in [4.69, 9.17) is 23.8 Å². The summed E-state index contributed by atoms with van der Waals surface area (Å²) >= 11 is 11.1. The Labute approximate surface area is 113 Å². The molecule has 3 rings (SSSR count). The molecule has 0 unspecified atom stereocenters. The quantitative estimate of drug-likeness (QED) is 0.651. The zero-order valence-corrected chi connectivity index (χ0v) is 10.7. The average Bonchev–Trinajstić information content (AvgIpc) is 2.63. The summed E-state index contributed by atoms with van der Waals surface area (Å²) in [6.07, 6.45) is 0. The highest BCUT2D eigenvalue weighted by molar-refractivity contribution is 7.71. The molecule has 0 saturated carbocycles. The van der Waals surface area contributed by atoms with E-state index in [1.807, 2.05) is 24.3 Å². The number of hydrogen-bond donors (Lipinski definition) is 1. The van der Waals surface area contributed by atoms with Gasteiger partial charge in [-0.2, -0.15) is 0 Å². The first-order chi connectivity index (χ1) is 8.65. The van der Waals surface area contributed by atoms with Crippen LogP contribution in [0.15, 0.2) is 42.5 Å². The van der Waals surface area contributed by atoms with Crippen molar-refractivity contribution in [3.05, 3.63) is 58.1 Å². The van der Waals surface area contributed by atoms with E-state index >= 15 is 0 Å². The van der Waals surface area contributed by atoms with Crippen LogP contribution in [0.3, 0.4) is 0 Å². The Kier molecular flexibility index (Phi) is 2.69. The van der Waals surface area contributed by atoms with Gasteiger partial charge < -0.3 is 4.98 Å². The molecule has 0 fully saturated rings. The van der Waals surface area contributed by atoms with E-state index < -0.39 is 0 Å². The normalized spacial score (nSPS) is 11.0. The predicted octanol–water partition coefficient (Wildman–Crippen LogP) is 4.48. The fourth-order valence-corrected chi connectivity index (χ4v) is 2.51. The zero-order valence-electron chi connectivity index (χ0n) is 9.15. The van der Waals surface area contributed by atoms with E-state index in [1.54, 1.807) is 10.6 Å². The van der Waals surface area contributed by atoms with Gasteiger partial charge in [0, 0.05) is 5.02 Å². The first-order valence-electron chi connectivity index (χ1n) is 5.31. The van der Waals surface area contributed by atoms with Crippen LogP contribution in [0.5, 0.6) is 0 Å². The summed E-state index contributed by atoms with van der Waals surface area (Å²) in [4.78, 5) is 3.08. The number of aromatic nitrogens is 2. The highest BCUT2D eigenvalue weighted by Gasteiger charge is 2.07. The van der Waals surface area contributed by atoms with Crippen molar-refractivity contribution >= 4 is 34.9 Å². The Bertz CT molecular complexity index is 771. The number of hydrogen-bond acceptors (Lipinski definition) is 1. The summed E-state index contributed by atoms with van der Waals surface area (Å²) in [6, 6.07) is 12.0. The zero-order chi connectivity index (χ0) is 12.7. The van der Waals surface area contributed by atoms with Crippen LogP contribution in [0.1, 0.15) is 0 Å². The van der Waals surface area contributed by atoms with Crippen molar-refractivity contribution in [1.82, 2.24) is 9.55 Å². The number of nitrogens with zero attached hydrogens (tertiary/aromatic N) is 1. The third-order valence-corrected chi connectivity index (χ3v) is 3.20. The Morgan fingerprint density at radius 2 is 1.94 bits per heavy atom. The fraction of sp³-hybridized carbons (Fsp3) is 0. The van der Waals surface area contributed by atoms with Gasteiger partial charge in [0.15, 0.2) is 4.77 Å². The van der Waals surface area contributed by atoms with Gasteiger partial charge in [0.25, 0.3) is 0 Å². The number of benzene rings is 2. The molecule has 0 aliphatic rings. The minimum Gasteiger partial charge on any atom is -0.330 e. The molecule has 0 radical (unpaired) electrons. The van der Waals surface area contributed by atoms with Crippen LogP contribution < -0.4 is 0 Å². The molecule has 0 amide bonds. The Morgan fingerprint density at radius 1 is 1.17 bits per heavy atom. The summed E-state index contributed by atoms with van der Waals surface area (Å²) in [5.41, 5.74) is 2.41. The van der Waals surface area contributed by atoms with Crippen LogP contribution in [-0.2, 0) is 0 Å². The summed E-state index contributed by atoms with van der Waals surface area (Å²) in [5.74, 6) is -0.385. The summed E-state index contributed by atoms with van der Waals surface area (Å²) < 4.78 is 15.7. The van der Waals surface area contributed by atoms with Crippen LogP contribution in [0.2, 0.25) is 5.02 Å². The number of fused-ring (bicyclic) bond motifs is 1. The average molecular weight is 279 g/mol. The van der Waals surface area contributed by atoms with Crippen molar-refractivity contribution in [3.8, 4) is 5.69 Å². The van der Waals surface area contributed by atoms with Gasteiger partial charge in [-0.3, -0.25) is 4.57 Å². The first-order valence-corrected chi connectivity index (χ1v) is 6.10. The van der Waals surface area contributed by atoms with Gasteiger partial charge in [0.1, 0.15) is 5.82 Å². The lowest BCUT2D eigenvalue weighted by atomic mass is 10.2. The van der Waals surface area contributed by atoms with Crippen LogP contribution in [0.4, 0.5) is 4.39 Å². The summed E-state index contributed by atoms with van der Waals surface area (Å²) in [6.45, 7) is 0. The van der Waals surface area contributed by atoms with Crippen LogP contribution in [0.25, 0.3) is 16.7 Å². The molecule has 18 heavy (non-hydrogen) atoms. The number of H-pyrrole nitrogens is 1. The van der Waals surface area contributed by atoms with E-state index in [-0.39, 0.29) is 5.82 Å². The van der Waals surface area contributed by atoms with Crippen molar-refractivity contribution in [2.75, 3.05) is 0 Å². The van der Waals surface area contributed by atoms with Crippen molar-refractivity contribution in [3.63, 3.8) is 0 Å². The second kappa shape index (κ2) is 4.23. The molecule has 2 nitrogen and oxygen atoms in total. The molecule has 0 saturated heterocycles. The second-order valence-electron chi connectivity index (χ2n) is 3.91. The molecule has 3 aromatic rings. The topological polar surface area (TPSA) is 20.7 Å². The number of aromatic amines is 1. The third kappa shape index (κ3) is 1.83. The molecule has 5 heteroatoms. The highest BCUT2D eigenvalue weighted by Crippen LogP contribution is 2.22. The third-order valence-electron chi connectivity index (χ3n) is 2.70. The van der Waals surface area contributed by atoms with E-state index in [9.17, 15) is 4.39 Å². The molecule has 0 atom stereocenters. The number of rotatable bonds is 1. The molecule has 0 aliphatic carbocycles. The van der Waals surface area contributed by atoms with Crippen LogP contribution >= 0.6 is 23.8 Å². The van der Waals surface area contributed by atoms with Crippen molar-refractivity contribution in [2.24, 2.45) is 0 Å². The van der Waals surface area contributed by atoms with E-state index in [0.29, 0.717) is 15.5 Å². The Hall–Kier alpha value is -1.65. The van der Waals surface area contributed by atoms with Crippen LogP contribution in [0, 0.1) is 10.6 Å². The van der Waals surface area contributed by atoms with Gasteiger partial charge in [0.05, 0.1) is 16.7 Å². The molecule has 1 N–H and O–H groups in total. The minimum absolute atomic E-state index is 0.345. The van der Waals surface area contributed by atoms with Gasteiger partial charge in [-0.05, 0) is 42.5 Å². The van der Waals surface area contributed by atoms with Crippen molar-refractivity contribution < 1.29 is 4.39 Å². The van der Waals surface area contributed by atoms with Gasteiger partial charge in [-0.25, -0.2) is 4.39 Å². The van der Waals surface area contributed by atoms with E-state index in [1.165, 1.54) is 12.1 Å². The molecule has 0 spiro atoms. The monoisotopic (exact) mass is 278 g/mol. The lowest BCUT2D eigenvalue weighted by molar-refractivity contribution is 0.627. The molecule has 1 heterocycles. The summed E-state index contributed by atoms with van der Waals surface area (Å²) in [5, 5.41) is 0.345. The predicted molar refractivity (Wildman–Crippen MR) is 73.4 cm³/mol. The molecule has 0 aliphatic heterocycles. The maximum Gasteiger partial charge on any atom is 0.182 e. The highest BCUT2D eigenvalue weighted by atomic mass is 35.5. The lowest BCUT2D eigenvalue weighted by Gasteiger charge is -2.05. The number of halogens is 2. The SMILES string of the molecule is Fc1cc(Cl)cc(-n2c(=S)[nH]c3ccccc32)c1. The largest absolute Gasteiger partial charge is 0.330 e. The van der Waals surface area contributed by atoms with E-state index in [0.717, 1.165) is 11.0 Å². The fourth-order valence-electron chi connectivity index (χ4n) is 1.98. The van der Waals surface area contributed by atoms with Gasteiger partial charge >= 0.3 is 0 Å². The maximum absolute atomic E-state index is 13.4. The molecule has 2 aromatic carbocycles. The molecular formula is C13H8ClFN2S. The van der Waals surface area contributed by atoms with Gasteiger partial charge in [-0.15, -0.1) is 0 Å². The van der Waals surface area contributed by atoms with Gasteiger partial charge in [-0.1, -0.05) is 23.7 Å². The van der Waals surface area contributed by atoms with E-state index in [2.05, 4.69) is 4.98 Å². The van der Waals surface area contributed by atoms with Crippen molar-refractivity contribution in [1.29, 1.82) is 0 Å². The Morgan fingerprint density at radius 3 is 2.72 bits per heavy atom. The second-order valence-corrected chi connectivity index (χ2v) is 4.73. The van der Waals surface area contributed by atoms with Gasteiger partial charge in [0.2, 0.25) is 0 Å². The minimum atomic E-state index is -0.385. The Balaban J connectivity index is 2.37.